The molecule has 1 N–H and O–H groups in total. The first-order chi connectivity index (χ1) is 6.68. The highest BCUT2D eigenvalue weighted by Crippen LogP contribution is 2.16. The highest BCUT2D eigenvalue weighted by Gasteiger charge is 2.03. The molecule has 0 saturated heterocycles. The minimum Gasteiger partial charge on any atom is -0.321 e. The largest absolute Gasteiger partial charge is 0.321 e. The molecule has 3 nitrogen and oxygen atoms in total. The summed E-state index contributed by atoms with van der Waals surface area (Å²) in [6.45, 7) is 0. The Morgan fingerprint density at radius 3 is 2.71 bits per heavy atom. The third-order valence-corrected chi connectivity index (χ3v) is 2.99. The van der Waals surface area contributed by atoms with Gasteiger partial charge in [0.2, 0.25) is 5.56 Å². The predicted octanol–water partition coefficient (Wildman–Crippen LogP) is 1.27. The lowest BCUT2D eigenvalue weighted by atomic mass is 10.2. The fourth-order valence-corrected chi connectivity index (χ4v) is 2.12. The van der Waals surface area contributed by atoms with Crippen molar-refractivity contribution in [1.29, 1.82) is 0 Å². The molecule has 0 bridgehead atoms. The van der Waals surface area contributed by atoms with Crippen molar-refractivity contribution < 1.29 is 4.21 Å². The molecule has 0 radical (unpaired) electrons. The number of nitrogens with one attached hydrogen (secondary N) is 1. The van der Waals surface area contributed by atoms with Crippen LogP contribution in [0.4, 0.5) is 0 Å². The summed E-state index contributed by atoms with van der Waals surface area (Å²) in [4.78, 5) is 14.5. The summed E-state index contributed by atoms with van der Waals surface area (Å²) >= 11 is 0. The van der Waals surface area contributed by atoms with Crippen LogP contribution < -0.4 is 5.56 Å². The number of pyridine rings is 1. The fourth-order valence-electron chi connectivity index (χ4n) is 1.39. The van der Waals surface area contributed by atoms with Crippen molar-refractivity contribution >= 4 is 21.7 Å². The summed E-state index contributed by atoms with van der Waals surface area (Å²) in [5.74, 6) is 0. The van der Waals surface area contributed by atoms with Gasteiger partial charge in [0, 0.05) is 12.3 Å². The Balaban J connectivity index is 2.91. The van der Waals surface area contributed by atoms with E-state index >= 15 is 0 Å². The van der Waals surface area contributed by atoms with Gasteiger partial charge in [-0.25, -0.2) is 0 Å². The van der Waals surface area contributed by atoms with Gasteiger partial charge in [0.15, 0.2) is 0 Å². The number of aromatic nitrogens is 1. The number of aromatic amines is 1. The van der Waals surface area contributed by atoms with Gasteiger partial charge in [0.1, 0.15) is 0 Å². The van der Waals surface area contributed by atoms with E-state index in [0.717, 1.165) is 5.39 Å². The summed E-state index contributed by atoms with van der Waals surface area (Å²) in [7, 11) is -1.08. The van der Waals surface area contributed by atoms with Crippen LogP contribution in [-0.2, 0) is 10.8 Å². The van der Waals surface area contributed by atoms with Crippen molar-refractivity contribution in [2.24, 2.45) is 0 Å². The number of rotatable bonds is 1. The summed E-state index contributed by atoms with van der Waals surface area (Å²) in [5.41, 5.74) is 0.497. The van der Waals surface area contributed by atoms with E-state index in [1.54, 1.807) is 18.4 Å². The maximum absolute atomic E-state index is 11.4. The van der Waals surface area contributed by atoms with E-state index in [9.17, 15) is 9.00 Å². The van der Waals surface area contributed by atoms with Crippen LogP contribution in [0.5, 0.6) is 0 Å². The molecule has 0 saturated carbocycles. The van der Waals surface area contributed by atoms with E-state index < -0.39 is 10.8 Å². The summed E-state index contributed by atoms with van der Waals surface area (Å²) < 4.78 is 11.4. The van der Waals surface area contributed by atoms with Gasteiger partial charge in [-0.15, -0.1) is 0 Å². The molecule has 1 aromatic heterocycles. The zero-order chi connectivity index (χ0) is 10.1. The number of hydrogen-bond donors (Lipinski definition) is 1. The van der Waals surface area contributed by atoms with E-state index in [-0.39, 0.29) is 5.56 Å². The Kier molecular flexibility index (Phi) is 2.21. The van der Waals surface area contributed by atoms with E-state index in [1.807, 2.05) is 12.1 Å². The van der Waals surface area contributed by atoms with Crippen LogP contribution >= 0.6 is 0 Å². The maximum atomic E-state index is 11.4. The van der Waals surface area contributed by atoms with E-state index in [4.69, 9.17) is 0 Å². The standard InChI is InChI=1S/C10H9NO2S/c1-14(13)8-4-2-3-7-5-6-9(12)11-10(7)8/h2-6H,1H3,(H,11,12). The molecule has 1 heterocycles. The lowest BCUT2D eigenvalue weighted by molar-refractivity contribution is 0.687. The molecule has 72 valence electrons. The molecular weight excluding hydrogens is 198 g/mol. The third kappa shape index (κ3) is 1.48. The molecule has 4 heteroatoms. The molecule has 14 heavy (non-hydrogen) atoms. The zero-order valence-corrected chi connectivity index (χ0v) is 8.43. The number of hydrogen-bond acceptors (Lipinski definition) is 2. The molecule has 0 aliphatic carbocycles. The summed E-state index contributed by atoms with van der Waals surface area (Å²) in [6.07, 6.45) is 1.60. The highest BCUT2D eigenvalue weighted by molar-refractivity contribution is 7.84. The number of para-hydroxylation sites is 1. The quantitative estimate of drug-likeness (QED) is 0.765. The molecule has 0 fully saturated rings. The van der Waals surface area contributed by atoms with Crippen molar-refractivity contribution in [2.45, 2.75) is 4.90 Å². The zero-order valence-electron chi connectivity index (χ0n) is 7.61. The predicted molar refractivity (Wildman–Crippen MR) is 56.9 cm³/mol. The van der Waals surface area contributed by atoms with Gasteiger partial charge < -0.3 is 4.98 Å². The Hall–Kier alpha value is -1.42. The first-order valence-electron chi connectivity index (χ1n) is 4.14. The topological polar surface area (TPSA) is 49.9 Å². The summed E-state index contributed by atoms with van der Waals surface area (Å²) in [5, 5.41) is 0.900. The lowest BCUT2D eigenvalue weighted by Crippen LogP contribution is -2.04. The van der Waals surface area contributed by atoms with Crippen molar-refractivity contribution in [1.82, 2.24) is 4.98 Å². The fraction of sp³-hybridized carbons (Fsp3) is 0.100. The number of H-pyrrole nitrogens is 1. The van der Waals surface area contributed by atoms with Gasteiger partial charge in [0.25, 0.3) is 0 Å². The minimum absolute atomic E-state index is 0.171. The van der Waals surface area contributed by atoms with Gasteiger partial charge in [-0.3, -0.25) is 9.00 Å². The van der Waals surface area contributed by atoms with Crippen molar-refractivity contribution in [2.75, 3.05) is 6.26 Å². The Bertz CT molecular complexity index is 559. The molecule has 1 unspecified atom stereocenters. The van der Waals surface area contributed by atoms with E-state index in [0.29, 0.717) is 10.4 Å². The minimum atomic E-state index is -1.08. The molecule has 2 rings (SSSR count). The molecule has 1 aromatic carbocycles. The molecule has 0 aliphatic heterocycles. The summed E-state index contributed by atoms with van der Waals surface area (Å²) in [6, 6.07) is 8.66. The van der Waals surface area contributed by atoms with Gasteiger partial charge in [-0.2, -0.15) is 0 Å². The Morgan fingerprint density at radius 2 is 2.00 bits per heavy atom. The molecule has 2 aromatic rings. The monoisotopic (exact) mass is 207 g/mol. The average Bonchev–Trinajstić information content (AvgIpc) is 2.16. The van der Waals surface area contributed by atoms with Crippen LogP contribution in [0.15, 0.2) is 40.0 Å². The molecule has 1 atom stereocenters. The molecule has 0 aliphatic rings. The van der Waals surface area contributed by atoms with Gasteiger partial charge >= 0.3 is 0 Å². The van der Waals surface area contributed by atoms with E-state index in [1.165, 1.54) is 6.07 Å². The van der Waals surface area contributed by atoms with Crippen LogP contribution in [0.3, 0.4) is 0 Å². The first-order valence-corrected chi connectivity index (χ1v) is 5.70. The highest BCUT2D eigenvalue weighted by atomic mass is 32.2. The second-order valence-electron chi connectivity index (χ2n) is 3.00. The first kappa shape index (κ1) is 9.15. The SMILES string of the molecule is CS(=O)c1cccc2ccc(=O)[nH]c12. The lowest BCUT2D eigenvalue weighted by Gasteiger charge is -2.01. The maximum Gasteiger partial charge on any atom is 0.248 e. The normalized spacial score (nSPS) is 12.9. The molecule has 0 spiro atoms. The van der Waals surface area contributed by atoms with Crippen LogP contribution in [0, 0.1) is 0 Å². The number of fused-ring (bicyclic) bond motifs is 1. The van der Waals surface area contributed by atoms with E-state index in [2.05, 4.69) is 4.98 Å². The van der Waals surface area contributed by atoms with Crippen molar-refractivity contribution in [3.05, 3.63) is 40.7 Å². The smallest absolute Gasteiger partial charge is 0.248 e. The van der Waals surface area contributed by atoms with Gasteiger partial charge in [0.05, 0.1) is 21.2 Å². The van der Waals surface area contributed by atoms with Crippen LogP contribution in [0.1, 0.15) is 0 Å². The Labute approximate surface area is 83.2 Å². The second kappa shape index (κ2) is 3.38. The second-order valence-corrected chi connectivity index (χ2v) is 4.35. The van der Waals surface area contributed by atoms with Gasteiger partial charge in [-0.1, -0.05) is 12.1 Å². The van der Waals surface area contributed by atoms with Crippen LogP contribution in [0.25, 0.3) is 10.9 Å². The van der Waals surface area contributed by atoms with Crippen LogP contribution in [0.2, 0.25) is 0 Å². The van der Waals surface area contributed by atoms with Crippen molar-refractivity contribution in [3.63, 3.8) is 0 Å². The van der Waals surface area contributed by atoms with Crippen molar-refractivity contribution in [3.8, 4) is 0 Å². The molecular formula is C10H9NO2S. The van der Waals surface area contributed by atoms with Crippen LogP contribution in [-0.4, -0.2) is 15.4 Å². The number of benzene rings is 1. The Morgan fingerprint density at radius 1 is 1.21 bits per heavy atom. The average molecular weight is 207 g/mol. The third-order valence-electron chi connectivity index (χ3n) is 2.03. The van der Waals surface area contributed by atoms with Gasteiger partial charge in [-0.05, 0) is 17.5 Å². The molecule has 0 amide bonds.